The third-order valence-electron chi connectivity index (χ3n) is 1.70. The van der Waals surface area contributed by atoms with Gasteiger partial charge in [-0.05, 0) is 13.0 Å². The predicted octanol–water partition coefficient (Wildman–Crippen LogP) is 0.696. The molecule has 0 radical (unpaired) electrons. The number of nitrogens with zero attached hydrogens (tertiary/aromatic N) is 2. The first-order valence-corrected chi connectivity index (χ1v) is 3.57. The molecule has 11 heavy (non-hydrogen) atoms. The van der Waals surface area contributed by atoms with Gasteiger partial charge in [-0.15, -0.1) is 4.68 Å². The lowest BCUT2D eigenvalue weighted by atomic mass is 10.3. The van der Waals surface area contributed by atoms with Crippen LogP contribution in [0.3, 0.4) is 0 Å². The Balaban J connectivity index is 2.82. The number of aromatic amines is 1. The van der Waals surface area contributed by atoms with E-state index in [-0.39, 0.29) is 0 Å². The molecule has 3 heteroatoms. The summed E-state index contributed by atoms with van der Waals surface area (Å²) in [6.45, 7) is 1.99. The van der Waals surface area contributed by atoms with Gasteiger partial charge in [0, 0.05) is 5.69 Å². The fraction of sp³-hybridized carbons (Fsp3) is 0.250. The molecule has 0 aliphatic carbocycles. The van der Waals surface area contributed by atoms with E-state index in [0.717, 1.165) is 11.2 Å². The molecule has 0 aliphatic rings. The number of H-pyrrole nitrogens is 1. The Bertz CT molecular complexity index is 389. The average molecular weight is 148 g/mol. The van der Waals surface area contributed by atoms with Crippen LogP contribution >= 0.6 is 0 Å². The van der Waals surface area contributed by atoms with Crippen LogP contribution < -0.4 is 4.68 Å². The van der Waals surface area contributed by atoms with Crippen LogP contribution in [0.2, 0.25) is 0 Å². The molecule has 2 heterocycles. The molecule has 0 saturated carbocycles. The highest BCUT2D eigenvalue weighted by atomic mass is 15.2. The molecule has 3 nitrogen and oxygen atoms in total. The van der Waals surface area contributed by atoms with Gasteiger partial charge in [-0.1, -0.05) is 0 Å². The summed E-state index contributed by atoms with van der Waals surface area (Å²) in [5.74, 6) is 0. The fourth-order valence-electron chi connectivity index (χ4n) is 1.21. The van der Waals surface area contributed by atoms with E-state index in [1.807, 2.05) is 31.0 Å². The van der Waals surface area contributed by atoms with Gasteiger partial charge in [-0.25, -0.2) is 0 Å². The minimum absolute atomic E-state index is 1.05. The summed E-state index contributed by atoms with van der Waals surface area (Å²) >= 11 is 0. The molecule has 0 aromatic carbocycles. The number of rotatable bonds is 0. The monoisotopic (exact) mass is 148 g/mol. The zero-order valence-corrected chi connectivity index (χ0v) is 6.63. The van der Waals surface area contributed by atoms with Crippen LogP contribution in [-0.2, 0) is 7.05 Å². The molecular formula is C8H10N3+. The second kappa shape index (κ2) is 2.05. The summed E-state index contributed by atoms with van der Waals surface area (Å²) < 4.78 is 1.92. The number of aryl methyl sites for hydroxylation is 2. The molecule has 2 aromatic heterocycles. The van der Waals surface area contributed by atoms with E-state index >= 15 is 0 Å². The van der Waals surface area contributed by atoms with Crippen LogP contribution in [-0.4, -0.2) is 10.1 Å². The van der Waals surface area contributed by atoms with E-state index < -0.39 is 0 Å². The van der Waals surface area contributed by atoms with Gasteiger partial charge in [-0.2, -0.15) is 5.10 Å². The van der Waals surface area contributed by atoms with Gasteiger partial charge in [0.15, 0.2) is 7.05 Å². The van der Waals surface area contributed by atoms with Gasteiger partial charge in [0.2, 0.25) is 6.20 Å². The number of fused-ring (bicyclic) bond motifs is 1. The average Bonchev–Trinajstić information content (AvgIpc) is 2.27. The van der Waals surface area contributed by atoms with Crippen molar-refractivity contribution in [2.45, 2.75) is 6.92 Å². The first-order chi connectivity index (χ1) is 5.25. The molecular weight excluding hydrogens is 138 g/mol. The zero-order chi connectivity index (χ0) is 7.84. The standard InChI is InChI=1S/C8H9N3/c1-6-3-7-5-11(2)10-8(7)4-9-6/h3-5H,1-2H3/p+1. The number of aromatic nitrogens is 3. The second-order valence-corrected chi connectivity index (χ2v) is 2.76. The molecule has 0 atom stereocenters. The Morgan fingerprint density at radius 1 is 1.55 bits per heavy atom. The summed E-state index contributed by atoms with van der Waals surface area (Å²) in [5.41, 5.74) is 2.13. The number of pyridine rings is 1. The lowest BCUT2D eigenvalue weighted by Crippen LogP contribution is -2.27. The van der Waals surface area contributed by atoms with Crippen molar-refractivity contribution >= 4 is 10.9 Å². The van der Waals surface area contributed by atoms with Gasteiger partial charge in [-0.3, -0.25) is 4.98 Å². The summed E-state index contributed by atoms with van der Waals surface area (Å²) in [5, 5.41) is 4.35. The fourth-order valence-corrected chi connectivity index (χ4v) is 1.21. The van der Waals surface area contributed by atoms with Crippen LogP contribution in [0.15, 0.2) is 18.5 Å². The Morgan fingerprint density at radius 3 is 3.18 bits per heavy atom. The predicted molar refractivity (Wildman–Crippen MR) is 42.0 cm³/mol. The molecule has 0 spiro atoms. The van der Waals surface area contributed by atoms with Crippen molar-refractivity contribution in [3.63, 3.8) is 0 Å². The smallest absolute Gasteiger partial charge is 0.203 e. The van der Waals surface area contributed by atoms with Crippen molar-refractivity contribution in [2.75, 3.05) is 0 Å². The molecule has 0 fully saturated rings. The Hall–Kier alpha value is -1.38. The number of hydrogen-bond donors (Lipinski definition) is 1. The van der Waals surface area contributed by atoms with Gasteiger partial charge in [0.05, 0.1) is 11.6 Å². The van der Waals surface area contributed by atoms with Crippen molar-refractivity contribution in [1.29, 1.82) is 0 Å². The maximum absolute atomic E-state index is 4.18. The van der Waals surface area contributed by atoms with E-state index in [2.05, 4.69) is 16.1 Å². The van der Waals surface area contributed by atoms with E-state index in [1.165, 1.54) is 5.39 Å². The minimum Gasteiger partial charge on any atom is -0.259 e. The quantitative estimate of drug-likeness (QED) is 0.548. The van der Waals surface area contributed by atoms with E-state index in [1.54, 1.807) is 0 Å². The maximum Gasteiger partial charge on any atom is 0.203 e. The molecule has 0 aliphatic heterocycles. The van der Waals surface area contributed by atoms with Crippen molar-refractivity contribution in [3.05, 3.63) is 24.2 Å². The molecule has 2 rings (SSSR count). The van der Waals surface area contributed by atoms with Crippen LogP contribution in [0.25, 0.3) is 10.9 Å². The van der Waals surface area contributed by atoms with Gasteiger partial charge < -0.3 is 0 Å². The first kappa shape index (κ1) is 6.34. The lowest BCUT2D eigenvalue weighted by Gasteiger charge is -1.86. The molecule has 2 aromatic rings. The van der Waals surface area contributed by atoms with Gasteiger partial charge in [0.25, 0.3) is 0 Å². The lowest BCUT2D eigenvalue weighted by molar-refractivity contribution is -0.724. The van der Waals surface area contributed by atoms with Crippen molar-refractivity contribution in [2.24, 2.45) is 7.05 Å². The second-order valence-electron chi connectivity index (χ2n) is 2.76. The number of nitrogens with one attached hydrogen (secondary N) is 1. The SMILES string of the molecule is Cc1cc2c[n+](C)[nH]c2cn1. The van der Waals surface area contributed by atoms with Gasteiger partial charge in [0.1, 0.15) is 5.52 Å². The summed E-state index contributed by atoms with van der Waals surface area (Å²) in [4.78, 5) is 4.18. The molecule has 0 bridgehead atoms. The topological polar surface area (TPSA) is 32.6 Å². The third kappa shape index (κ3) is 0.981. The summed E-state index contributed by atoms with van der Waals surface area (Å²) in [6.07, 6.45) is 3.90. The van der Waals surface area contributed by atoms with Crippen LogP contribution in [0.5, 0.6) is 0 Å². The van der Waals surface area contributed by atoms with E-state index in [9.17, 15) is 0 Å². The highest BCUT2D eigenvalue weighted by Crippen LogP contribution is 2.07. The third-order valence-corrected chi connectivity index (χ3v) is 1.70. The summed E-state index contributed by atoms with van der Waals surface area (Å²) in [6, 6.07) is 2.06. The van der Waals surface area contributed by atoms with Crippen LogP contribution in [0.1, 0.15) is 5.69 Å². The van der Waals surface area contributed by atoms with E-state index in [0.29, 0.717) is 0 Å². The highest BCUT2D eigenvalue weighted by Gasteiger charge is 2.02. The Labute approximate surface area is 64.7 Å². The zero-order valence-electron chi connectivity index (χ0n) is 6.63. The highest BCUT2D eigenvalue weighted by molar-refractivity contribution is 5.75. The molecule has 56 valence electrons. The molecule has 0 amide bonds. The Kier molecular flexibility index (Phi) is 1.18. The van der Waals surface area contributed by atoms with E-state index in [4.69, 9.17) is 0 Å². The van der Waals surface area contributed by atoms with Crippen LogP contribution in [0, 0.1) is 6.92 Å². The minimum atomic E-state index is 1.05. The Morgan fingerprint density at radius 2 is 2.36 bits per heavy atom. The normalized spacial score (nSPS) is 10.7. The maximum atomic E-state index is 4.18. The van der Waals surface area contributed by atoms with Gasteiger partial charge >= 0.3 is 0 Å². The summed E-state index contributed by atoms with van der Waals surface area (Å²) in [7, 11) is 1.97. The van der Waals surface area contributed by atoms with Crippen LogP contribution in [0.4, 0.5) is 0 Å². The van der Waals surface area contributed by atoms with Crippen molar-refractivity contribution < 1.29 is 4.68 Å². The molecule has 0 saturated heterocycles. The van der Waals surface area contributed by atoms with Crippen molar-refractivity contribution in [3.8, 4) is 0 Å². The largest absolute Gasteiger partial charge is 0.259 e. The van der Waals surface area contributed by atoms with Crippen molar-refractivity contribution in [1.82, 2.24) is 10.1 Å². The first-order valence-electron chi connectivity index (χ1n) is 3.57. The molecule has 0 unspecified atom stereocenters. The molecule has 1 N–H and O–H groups in total. The number of hydrogen-bond acceptors (Lipinski definition) is 1.